The molecule has 1 saturated heterocycles. The number of ether oxygens (including phenoxy) is 1. The summed E-state index contributed by atoms with van der Waals surface area (Å²) >= 11 is 0. The molecule has 7 heteroatoms. The summed E-state index contributed by atoms with van der Waals surface area (Å²) in [7, 11) is 0. The summed E-state index contributed by atoms with van der Waals surface area (Å²) in [5.41, 5.74) is 0.622. The van der Waals surface area contributed by atoms with E-state index in [-0.39, 0.29) is 29.9 Å². The molecule has 0 radical (unpaired) electrons. The largest absolute Gasteiger partial charge is 0.376 e. The molecule has 7 nitrogen and oxygen atoms in total. The van der Waals surface area contributed by atoms with E-state index in [0.717, 1.165) is 45.4 Å². The second-order valence-electron chi connectivity index (χ2n) is 9.60. The first kappa shape index (κ1) is 19.1. The van der Waals surface area contributed by atoms with Gasteiger partial charge in [-0.05, 0) is 56.3 Å². The van der Waals surface area contributed by atoms with Crippen molar-refractivity contribution in [1.82, 2.24) is 20.4 Å². The molecule has 158 valence electrons. The highest BCUT2D eigenvalue weighted by molar-refractivity contribution is 5.93. The number of hydrogen-bond acceptors (Lipinski definition) is 4. The number of nitrogens with zero attached hydrogens (tertiary/aromatic N) is 2. The highest BCUT2D eigenvalue weighted by Gasteiger charge is 2.45. The number of rotatable bonds is 6. The monoisotopic (exact) mass is 400 g/mol. The van der Waals surface area contributed by atoms with E-state index in [1.165, 1.54) is 25.7 Å². The lowest BCUT2D eigenvalue weighted by molar-refractivity contribution is -0.128. The first-order valence-electron chi connectivity index (χ1n) is 11.4. The lowest BCUT2D eigenvalue weighted by atomic mass is 9.77. The molecule has 3 aliphatic carbocycles. The predicted octanol–water partition coefficient (Wildman–Crippen LogP) is 2.36. The lowest BCUT2D eigenvalue weighted by Gasteiger charge is -2.38. The van der Waals surface area contributed by atoms with Gasteiger partial charge in [-0.25, -0.2) is 0 Å². The van der Waals surface area contributed by atoms with E-state index in [9.17, 15) is 9.59 Å². The van der Waals surface area contributed by atoms with Gasteiger partial charge in [-0.3, -0.25) is 14.7 Å². The molecular formula is C22H32N4O3. The second-order valence-corrected chi connectivity index (χ2v) is 9.60. The minimum Gasteiger partial charge on any atom is -0.376 e. The van der Waals surface area contributed by atoms with Crippen LogP contribution in [-0.2, 0) is 9.53 Å². The van der Waals surface area contributed by atoms with Gasteiger partial charge in [0.2, 0.25) is 5.91 Å². The van der Waals surface area contributed by atoms with Gasteiger partial charge in [0.1, 0.15) is 0 Å². The SMILES string of the molecule is O=C(N[C@H]1C[C@H]2CN(C(=O)c3cn[nH]c3)C[C@H]2C[C@@H]1OCC1CC1)C1CCCC1. The van der Waals surface area contributed by atoms with Crippen LogP contribution in [0.15, 0.2) is 12.4 Å². The van der Waals surface area contributed by atoms with Gasteiger partial charge in [0, 0.05) is 31.8 Å². The van der Waals surface area contributed by atoms with Crippen molar-refractivity contribution < 1.29 is 14.3 Å². The van der Waals surface area contributed by atoms with Gasteiger partial charge in [-0.1, -0.05) is 12.8 Å². The Hall–Kier alpha value is -1.89. The van der Waals surface area contributed by atoms with Crippen LogP contribution in [0.4, 0.5) is 0 Å². The summed E-state index contributed by atoms with van der Waals surface area (Å²) in [6.07, 6.45) is 12.1. The molecule has 5 rings (SSSR count). The average Bonchev–Trinajstić information content (AvgIpc) is 3.16. The Morgan fingerprint density at radius 3 is 2.59 bits per heavy atom. The number of amides is 2. The third-order valence-corrected chi connectivity index (χ3v) is 7.45. The molecule has 2 amide bonds. The zero-order valence-electron chi connectivity index (χ0n) is 17.0. The van der Waals surface area contributed by atoms with E-state index in [2.05, 4.69) is 15.5 Å². The van der Waals surface area contributed by atoms with Crippen molar-refractivity contribution in [1.29, 1.82) is 0 Å². The maximum absolute atomic E-state index is 12.8. The van der Waals surface area contributed by atoms with Crippen LogP contribution >= 0.6 is 0 Å². The summed E-state index contributed by atoms with van der Waals surface area (Å²) in [5.74, 6) is 2.04. The van der Waals surface area contributed by atoms with Gasteiger partial charge >= 0.3 is 0 Å². The number of fused-ring (bicyclic) bond motifs is 1. The number of aromatic nitrogens is 2. The second kappa shape index (κ2) is 8.09. The molecule has 0 bridgehead atoms. The molecule has 1 aliphatic heterocycles. The predicted molar refractivity (Wildman–Crippen MR) is 107 cm³/mol. The third-order valence-electron chi connectivity index (χ3n) is 7.45. The standard InChI is InChI=1S/C22H32N4O3/c27-21(15-3-1-2-4-15)25-19-7-16-11-26(22(28)18-9-23-24-10-18)12-17(16)8-20(19)29-13-14-5-6-14/h9-10,14-17,19-20H,1-8,11-13H2,(H,23,24)(H,25,27)/t16-,17+,19-,20-/m0/s1. The van der Waals surface area contributed by atoms with Crippen molar-refractivity contribution in [2.45, 2.75) is 63.5 Å². The Morgan fingerprint density at radius 2 is 1.90 bits per heavy atom. The number of carbonyl (C=O) groups excluding carboxylic acids is 2. The van der Waals surface area contributed by atoms with Crippen molar-refractivity contribution in [3.05, 3.63) is 18.0 Å². The molecule has 2 heterocycles. The maximum atomic E-state index is 12.8. The number of hydrogen-bond donors (Lipinski definition) is 2. The maximum Gasteiger partial charge on any atom is 0.257 e. The van der Waals surface area contributed by atoms with Crippen LogP contribution in [0.1, 0.15) is 61.7 Å². The van der Waals surface area contributed by atoms with E-state index in [0.29, 0.717) is 23.3 Å². The topological polar surface area (TPSA) is 87.3 Å². The number of likely N-dealkylation sites (tertiary alicyclic amines) is 1. The van der Waals surface area contributed by atoms with Crippen LogP contribution in [0.25, 0.3) is 0 Å². The molecule has 0 aromatic carbocycles. The van der Waals surface area contributed by atoms with Gasteiger partial charge in [-0.2, -0.15) is 5.10 Å². The summed E-state index contributed by atoms with van der Waals surface area (Å²) in [5, 5.41) is 9.99. The number of carbonyl (C=O) groups is 2. The third kappa shape index (κ3) is 4.20. The zero-order valence-corrected chi connectivity index (χ0v) is 17.0. The van der Waals surface area contributed by atoms with Crippen molar-refractivity contribution in [2.75, 3.05) is 19.7 Å². The van der Waals surface area contributed by atoms with Crippen molar-refractivity contribution >= 4 is 11.8 Å². The number of aromatic amines is 1. The molecule has 3 saturated carbocycles. The Balaban J connectivity index is 1.25. The van der Waals surface area contributed by atoms with Gasteiger partial charge in [0.25, 0.3) is 5.91 Å². The van der Waals surface area contributed by atoms with Crippen LogP contribution in [0, 0.1) is 23.7 Å². The molecule has 4 fully saturated rings. The molecule has 1 aromatic heterocycles. The van der Waals surface area contributed by atoms with Crippen molar-refractivity contribution in [3.63, 3.8) is 0 Å². The fourth-order valence-corrected chi connectivity index (χ4v) is 5.50. The number of H-pyrrole nitrogens is 1. The molecule has 1 aromatic rings. The molecule has 29 heavy (non-hydrogen) atoms. The lowest BCUT2D eigenvalue weighted by Crippen LogP contribution is -2.51. The normalized spacial score (nSPS) is 32.3. The summed E-state index contributed by atoms with van der Waals surface area (Å²) < 4.78 is 6.33. The Kier molecular flexibility index (Phi) is 5.33. The Bertz CT molecular complexity index is 726. The molecular weight excluding hydrogens is 368 g/mol. The summed E-state index contributed by atoms with van der Waals surface area (Å²) in [6, 6.07) is 0.0760. The van der Waals surface area contributed by atoms with E-state index < -0.39 is 0 Å². The summed E-state index contributed by atoms with van der Waals surface area (Å²) in [6.45, 7) is 2.36. The fourth-order valence-electron chi connectivity index (χ4n) is 5.50. The van der Waals surface area contributed by atoms with Gasteiger partial charge in [0.05, 0.1) is 23.9 Å². The van der Waals surface area contributed by atoms with E-state index in [1.807, 2.05) is 4.90 Å². The van der Waals surface area contributed by atoms with Crippen LogP contribution in [0.2, 0.25) is 0 Å². The molecule has 0 unspecified atom stereocenters. The zero-order chi connectivity index (χ0) is 19.8. The molecule has 4 atom stereocenters. The smallest absolute Gasteiger partial charge is 0.257 e. The van der Waals surface area contributed by atoms with Crippen molar-refractivity contribution in [2.24, 2.45) is 23.7 Å². The van der Waals surface area contributed by atoms with E-state index in [4.69, 9.17) is 4.74 Å². The first-order chi connectivity index (χ1) is 14.2. The molecule has 2 N–H and O–H groups in total. The average molecular weight is 401 g/mol. The molecule has 0 spiro atoms. The first-order valence-corrected chi connectivity index (χ1v) is 11.4. The van der Waals surface area contributed by atoms with Gasteiger partial charge in [0.15, 0.2) is 0 Å². The molecule has 4 aliphatic rings. The Morgan fingerprint density at radius 1 is 1.14 bits per heavy atom. The van der Waals surface area contributed by atoms with Crippen LogP contribution in [0.5, 0.6) is 0 Å². The van der Waals surface area contributed by atoms with Crippen LogP contribution < -0.4 is 5.32 Å². The van der Waals surface area contributed by atoms with E-state index >= 15 is 0 Å². The van der Waals surface area contributed by atoms with Crippen molar-refractivity contribution in [3.8, 4) is 0 Å². The summed E-state index contributed by atoms with van der Waals surface area (Å²) in [4.78, 5) is 27.5. The van der Waals surface area contributed by atoms with Crippen LogP contribution in [-0.4, -0.2) is 58.8 Å². The van der Waals surface area contributed by atoms with E-state index in [1.54, 1.807) is 12.4 Å². The fraction of sp³-hybridized carbons (Fsp3) is 0.773. The minimum atomic E-state index is 0.0511. The highest BCUT2D eigenvalue weighted by Crippen LogP contribution is 2.39. The highest BCUT2D eigenvalue weighted by atomic mass is 16.5. The minimum absolute atomic E-state index is 0.0511. The van der Waals surface area contributed by atoms with Gasteiger partial charge < -0.3 is 15.0 Å². The quantitative estimate of drug-likeness (QED) is 0.767. The number of nitrogens with one attached hydrogen (secondary N) is 2. The van der Waals surface area contributed by atoms with Gasteiger partial charge in [-0.15, -0.1) is 0 Å². The van der Waals surface area contributed by atoms with Crippen LogP contribution in [0.3, 0.4) is 0 Å². The Labute approximate surface area is 171 Å².